The van der Waals surface area contributed by atoms with Crippen LogP contribution >= 0.6 is 0 Å². The van der Waals surface area contributed by atoms with Gasteiger partial charge in [0.05, 0.1) is 26.4 Å². The fourth-order valence-electron chi connectivity index (χ4n) is 2.71. The van der Waals surface area contributed by atoms with Gasteiger partial charge < -0.3 is 24.6 Å². The lowest BCUT2D eigenvalue weighted by molar-refractivity contribution is -0.137. The van der Waals surface area contributed by atoms with E-state index in [0.29, 0.717) is 45.8 Å². The first-order valence-corrected chi connectivity index (χ1v) is 11.1. The second-order valence-electron chi connectivity index (χ2n) is 7.98. The molecule has 1 unspecified atom stereocenters. The Hall–Kier alpha value is -1.18. The van der Waals surface area contributed by atoms with Crippen LogP contribution in [0, 0.1) is 5.41 Å². The highest BCUT2D eigenvalue weighted by Gasteiger charge is 2.26. The van der Waals surface area contributed by atoms with Crippen molar-refractivity contribution in [1.29, 1.82) is 0 Å². The zero-order valence-electron chi connectivity index (χ0n) is 18.8. The van der Waals surface area contributed by atoms with Crippen molar-refractivity contribution in [3.8, 4) is 0 Å². The van der Waals surface area contributed by atoms with Gasteiger partial charge in [0.1, 0.15) is 0 Å². The number of ether oxygens (including phenoxy) is 3. The Kier molecular flexibility index (Phi) is 18.1. The third-order valence-electron chi connectivity index (χ3n) is 4.46. The van der Waals surface area contributed by atoms with Crippen LogP contribution in [-0.4, -0.2) is 63.2 Å². The van der Waals surface area contributed by atoms with E-state index in [1.54, 1.807) is 0 Å². The SMILES string of the molecule is CCCCOCC(C)(COCCC)COCCC(=O)NCCCCCCC(=O)O. The number of hydrogen-bond donors (Lipinski definition) is 2. The lowest BCUT2D eigenvalue weighted by Gasteiger charge is -2.29. The van der Waals surface area contributed by atoms with Gasteiger partial charge in [0, 0.05) is 38.0 Å². The van der Waals surface area contributed by atoms with Gasteiger partial charge in [-0.25, -0.2) is 0 Å². The van der Waals surface area contributed by atoms with Crippen molar-refractivity contribution >= 4 is 11.9 Å². The Labute approximate surface area is 176 Å². The molecule has 0 heterocycles. The fourth-order valence-corrected chi connectivity index (χ4v) is 2.71. The van der Waals surface area contributed by atoms with E-state index in [4.69, 9.17) is 19.3 Å². The van der Waals surface area contributed by atoms with Gasteiger partial charge in [-0.2, -0.15) is 0 Å². The van der Waals surface area contributed by atoms with Crippen molar-refractivity contribution in [3.63, 3.8) is 0 Å². The highest BCUT2D eigenvalue weighted by molar-refractivity contribution is 5.75. The predicted octanol–water partition coefficient (Wildman–Crippen LogP) is 3.79. The number of carbonyl (C=O) groups is 2. The number of carbonyl (C=O) groups excluding carboxylic acids is 1. The van der Waals surface area contributed by atoms with E-state index < -0.39 is 5.97 Å². The molecule has 0 aromatic rings. The molecule has 0 aliphatic carbocycles. The maximum absolute atomic E-state index is 11.9. The number of rotatable bonds is 21. The second-order valence-corrected chi connectivity index (χ2v) is 7.98. The maximum atomic E-state index is 11.9. The Morgan fingerprint density at radius 1 is 0.793 bits per heavy atom. The van der Waals surface area contributed by atoms with Gasteiger partial charge in [-0.15, -0.1) is 0 Å². The number of nitrogens with one attached hydrogen (secondary N) is 1. The topological polar surface area (TPSA) is 94.1 Å². The lowest BCUT2D eigenvalue weighted by atomic mass is 9.94. The van der Waals surface area contributed by atoms with Crippen LogP contribution in [0.15, 0.2) is 0 Å². The van der Waals surface area contributed by atoms with Crippen LogP contribution in [-0.2, 0) is 23.8 Å². The minimum absolute atomic E-state index is 0.0151. The predicted molar refractivity (Wildman–Crippen MR) is 114 cm³/mol. The molecule has 7 heteroatoms. The molecule has 1 atom stereocenters. The number of amides is 1. The molecule has 0 aliphatic heterocycles. The minimum Gasteiger partial charge on any atom is -0.481 e. The first kappa shape index (κ1) is 27.8. The smallest absolute Gasteiger partial charge is 0.303 e. The fraction of sp³-hybridized carbons (Fsp3) is 0.909. The molecule has 7 nitrogen and oxygen atoms in total. The molecule has 2 N–H and O–H groups in total. The third kappa shape index (κ3) is 18.6. The molecule has 29 heavy (non-hydrogen) atoms. The van der Waals surface area contributed by atoms with Crippen molar-refractivity contribution < 1.29 is 28.9 Å². The van der Waals surface area contributed by atoms with E-state index in [-0.39, 0.29) is 17.7 Å². The highest BCUT2D eigenvalue weighted by Crippen LogP contribution is 2.19. The van der Waals surface area contributed by atoms with Gasteiger partial charge >= 0.3 is 5.97 Å². The van der Waals surface area contributed by atoms with E-state index in [2.05, 4.69) is 26.1 Å². The number of unbranched alkanes of at least 4 members (excludes halogenated alkanes) is 4. The number of carboxylic acid groups (broad SMARTS) is 1. The molecule has 0 saturated heterocycles. The summed E-state index contributed by atoms with van der Waals surface area (Å²) in [5, 5.41) is 11.5. The summed E-state index contributed by atoms with van der Waals surface area (Å²) in [7, 11) is 0. The minimum atomic E-state index is -0.751. The first-order valence-electron chi connectivity index (χ1n) is 11.1. The van der Waals surface area contributed by atoms with Gasteiger partial charge in [0.25, 0.3) is 0 Å². The molecule has 172 valence electrons. The standard InChI is InChI=1S/C22H43NO6/c1-4-6-15-28-18-22(3,17-27-14-5-2)19-29-16-12-20(24)23-13-10-8-7-9-11-21(25)26/h4-19H2,1-3H3,(H,23,24)(H,25,26). The summed E-state index contributed by atoms with van der Waals surface area (Å²) in [5.41, 5.74) is -0.213. The quantitative estimate of drug-likeness (QED) is 0.276. The number of hydrogen-bond acceptors (Lipinski definition) is 5. The summed E-state index contributed by atoms with van der Waals surface area (Å²) in [6.45, 7) is 10.5. The molecular weight excluding hydrogens is 374 g/mol. The molecule has 0 aromatic carbocycles. The van der Waals surface area contributed by atoms with Gasteiger partial charge in [0.15, 0.2) is 0 Å². The van der Waals surface area contributed by atoms with Gasteiger partial charge in [-0.05, 0) is 25.7 Å². The molecule has 0 radical (unpaired) electrons. The monoisotopic (exact) mass is 417 g/mol. The summed E-state index contributed by atoms with van der Waals surface area (Å²) >= 11 is 0. The molecule has 0 fully saturated rings. The molecule has 0 bridgehead atoms. The summed E-state index contributed by atoms with van der Waals surface area (Å²) in [6.07, 6.45) is 7.06. The Balaban J connectivity index is 3.89. The Bertz CT molecular complexity index is 418. The van der Waals surface area contributed by atoms with Crippen LogP contribution in [0.1, 0.15) is 78.6 Å². The Morgan fingerprint density at radius 2 is 1.41 bits per heavy atom. The average Bonchev–Trinajstić information content (AvgIpc) is 2.68. The van der Waals surface area contributed by atoms with E-state index in [9.17, 15) is 9.59 Å². The van der Waals surface area contributed by atoms with E-state index in [0.717, 1.165) is 51.7 Å². The number of carboxylic acids is 1. The summed E-state index contributed by atoms with van der Waals surface area (Å²) in [5.74, 6) is -0.766. The van der Waals surface area contributed by atoms with Crippen LogP contribution in [0.3, 0.4) is 0 Å². The van der Waals surface area contributed by atoms with Crippen LogP contribution in [0.5, 0.6) is 0 Å². The van der Waals surface area contributed by atoms with Crippen molar-refractivity contribution in [3.05, 3.63) is 0 Å². The van der Waals surface area contributed by atoms with Crippen molar-refractivity contribution in [2.24, 2.45) is 5.41 Å². The molecule has 0 aromatic heterocycles. The second kappa shape index (κ2) is 18.8. The van der Waals surface area contributed by atoms with Gasteiger partial charge in [-0.1, -0.05) is 40.0 Å². The van der Waals surface area contributed by atoms with Crippen LogP contribution in [0.2, 0.25) is 0 Å². The van der Waals surface area contributed by atoms with Crippen molar-refractivity contribution in [2.75, 3.05) is 46.2 Å². The van der Waals surface area contributed by atoms with Gasteiger partial charge in [0.2, 0.25) is 5.91 Å². The van der Waals surface area contributed by atoms with Crippen LogP contribution in [0.25, 0.3) is 0 Å². The zero-order valence-corrected chi connectivity index (χ0v) is 18.8. The first-order chi connectivity index (χ1) is 13.9. The van der Waals surface area contributed by atoms with Crippen LogP contribution in [0.4, 0.5) is 0 Å². The largest absolute Gasteiger partial charge is 0.481 e. The zero-order chi connectivity index (χ0) is 21.8. The molecule has 0 rings (SSSR count). The van der Waals surface area contributed by atoms with Crippen LogP contribution < -0.4 is 5.32 Å². The third-order valence-corrected chi connectivity index (χ3v) is 4.46. The molecule has 0 spiro atoms. The molecule has 0 aliphatic rings. The van der Waals surface area contributed by atoms with E-state index in [1.165, 1.54) is 0 Å². The summed E-state index contributed by atoms with van der Waals surface area (Å²) in [6, 6.07) is 0. The lowest BCUT2D eigenvalue weighted by Crippen LogP contribution is -2.35. The Morgan fingerprint density at radius 3 is 2.03 bits per heavy atom. The highest BCUT2D eigenvalue weighted by atomic mass is 16.5. The average molecular weight is 418 g/mol. The van der Waals surface area contributed by atoms with Crippen molar-refractivity contribution in [1.82, 2.24) is 5.32 Å². The molecule has 0 saturated carbocycles. The molecular formula is C22H43NO6. The number of aliphatic carboxylic acids is 1. The van der Waals surface area contributed by atoms with Crippen molar-refractivity contribution in [2.45, 2.75) is 78.6 Å². The maximum Gasteiger partial charge on any atom is 0.303 e. The summed E-state index contributed by atoms with van der Waals surface area (Å²) < 4.78 is 17.3. The van der Waals surface area contributed by atoms with E-state index >= 15 is 0 Å². The normalized spacial score (nSPS) is 13.2. The van der Waals surface area contributed by atoms with Gasteiger partial charge in [-0.3, -0.25) is 9.59 Å². The van der Waals surface area contributed by atoms with E-state index in [1.807, 2.05) is 0 Å². The summed E-state index contributed by atoms with van der Waals surface area (Å²) in [4.78, 5) is 22.3. The molecule has 1 amide bonds.